The standard InChI is InChI=1S/C16H23NO3/c1-12(15(19)20)14-4-2-13(3-5-14)10-17-11-16(6-7-16)8-9-18/h2-5,12,17-18H,6-11H2,1H3,(H,19,20). The van der Waals surface area contributed by atoms with Gasteiger partial charge in [0.1, 0.15) is 0 Å². The first kappa shape index (κ1) is 15.0. The highest BCUT2D eigenvalue weighted by molar-refractivity contribution is 5.75. The maximum absolute atomic E-state index is 10.9. The zero-order chi connectivity index (χ0) is 14.6. The Morgan fingerprint density at radius 1 is 1.35 bits per heavy atom. The van der Waals surface area contributed by atoms with Crippen LogP contribution in [0, 0.1) is 5.41 Å². The minimum Gasteiger partial charge on any atom is -0.481 e. The lowest BCUT2D eigenvalue weighted by Crippen LogP contribution is -2.24. The van der Waals surface area contributed by atoms with Gasteiger partial charge >= 0.3 is 5.97 Å². The number of hydrogen-bond donors (Lipinski definition) is 3. The Hall–Kier alpha value is -1.39. The lowest BCUT2D eigenvalue weighted by molar-refractivity contribution is -0.138. The second kappa shape index (κ2) is 6.37. The van der Waals surface area contributed by atoms with Crippen molar-refractivity contribution in [1.29, 1.82) is 0 Å². The summed E-state index contributed by atoms with van der Waals surface area (Å²) in [6.07, 6.45) is 3.29. The van der Waals surface area contributed by atoms with Gasteiger partial charge in [-0.05, 0) is 42.7 Å². The van der Waals surface area contributed by atoms with E-state index in [1.807, 2.05) is 24.3 Å². The van der Waals surface area contributed by atoms with Crippen molar-refractivity contribution in [3.8, 4) is 0 Å². The zero-order valence-electron chi connectivity index (χ0n) is 11.9. The van der Waals surface area contributed by atoms with Crippen LogP contribution in [0.2, 0.25) is 0 Å². The van der Waals surface area contributed by atoms with Gasteiger partial charge in [-0.1, -0.05) is 24.3 Å². The number of carboxylic acid groups (broad SMARTS) is 1. The van der Waals surface area contributed by atoms with Gasteiger partial charge < -0.3 is 15.5 Å². The van der Waals surface area contributed by atoms with E-state index in [0.717, 1.165) is 30.6 Å². The van der Waals surface area contributed by atoms with Crippen molar-refractivity contribution in [3.63, 3.8) is 0 Å². The van der Waals surface area contributed by atoms with Crippen molar-refractivity contribution < 1.29 is 15.0 Å². The van der Waals surface area contributed by atoms with E-state index in [2.05, 4.69) is 5.32 Å². The fourth-order valence-electron chi connectivity index (χ4n) is 2.47. The van der Waals surface area contributed by atoms with Gasteiger partial charge in [0.15, 0.2) is 0 Å². The van der Waals surface area contributed by atoms with Crippen molar-refractivity contribution in [2.24, 2.45) is 5.41 Å². The number of carbonyl (C=O) groups is 1. The third kappa shape index (κ3) is 3.81. The van der Waals surface area contributed by atoms with E-state index in [9.17, 15) is 4.79 Å². The second-order valence-corrected chi connectivity index (χ2v) is 5.88. The fourth-order valence-corrected chi connectivity index (χ4v) is 2.47. The molecule has 0 aliphatic heterocycles. The highest BCUT2D eigenvalue weighted by Crippen LogP contribution is 2.47. The zero-order valence-corrected chi connectivity index (χ0v) is 11.9. The van der Waals surface area contributed by atoms with Gasteiger partial charge in [0.2, 0.25) is 0 Å². The molecule has 0 radical (unpaired) electrons. The van der Waals surface area contributed by atoms with Crippen LogP contribution < -0.4 is 5.32 Å². The van der Waals surface area contributed by atoms with E-state index in [4.69, 9.17) is 10.2 Å². The quantitative estimate of drug-likeness (QED) is 0.681. The molecule has 1 aliphatic rings. The molecule has 1 aromatic carbocycles. The molecule has 0 amide bonds. The van der Waals surface area contributed by atoms with E-state index in [0.29, 0.717) is 5.41 Å². The first-order valence-corrected chi connectivity index (χ1v) is 7.19. The number of carboxylic acids is 1. The first-order chi connectivity index (χ1) is 9.56. The molecule has 4 nitrogen and oxygen atoms in total. The van der Waals surface area contributed by atoms with Crippen LogP contribution >= 0.6 is 0 Å². The monoisotopic (exact) mass is 277 g/mol. The van der Waals surface area contributed by atoms with Crippen LogP contribution in [0.5, 0.6) is 0 Å². The smallest absolute Gasteiger partial charge is 0.310 e. The van der Waals surface area contributed by atoms with E-state index < -0.39 is 11.9 Å². The molecule has 0 saturated heterocycles. The molecule has 1 fully saturated rings. The molecule has 1 aliphatic carbocycles. The van der Waals surface area contributed by atoms with Gasteiger partial charge in [-0.3, -0.25) is 4.79 Å². The van der Waals surface area contributed by atoms with E-state index in [1.165, 1.54) is 12.8 Å². The summed E-state index contributed by atoms with van der Waals surface area (Å²) in [4.78, 5) is 10.9. The van der Waals surface area contributed by atoms with Crippen molar-refractivity contribution in [2.45, 2.75) is 38.6 Å². The Kier molecular flexibility index (Phi) is 4.78. The molecule has 1 unspecified atom stereocenters. The second-order valence-electron chi connectivity index (χ2n) is 5.88. The number of nitrogens with one attached hydrogen (secondary N) is 1. The summed E-state index contributed by atoms with van der Waals surface area (Å²) in [5.74, 6) is -1.26. The van der Waals surface area contributed by atoms with E-state index >= 15 is 0 Å². The van der Waals surface area contributed by atoms with Crippen LogP contribution in [-0.4, -0.2) is 29.3 Å². The van der Waals surface area contributed by atoms with Gasteiger partial charge in [0.05, 0.1) is 5.92 Å². The Morgan fingerprint density at radius 2 is 2.00 bits per heavy atom. The van der Waals surface area contributed by atoms with Crippen LogP contribution in [0.25, 0.3) is 0 Å². The summed E-state index contributed by atoms with van der Waals surface area (Å²) >= 11 is 0. The number of aliphatic hydroxyl groups excluding tert-OH is 1. The number of benzene rings is 1. The third-order valence-electron chi connectivity index (χ3n) is 4.28. The number of rotatable bonds is 8. The lowest BCUT2D eigenvalue weighted by atomic mass is 10.00. The number of aliphatic carboxylic acids is 1. The topological polar surface area (TPSA) is 69.6 Å². The third-order valence-corrected chi connectivity index (χ3v) is 4.28. The van der Waals surface area contributed by atoms with Gasteiger partial charge in [0, 0.05) is 19.7 Å². The molecule has 0 heterocycles. The van der Waals surface area contributed by atoms with Gasteiger partial charge in [-0.25, -0.2) is 0 Å². The summed E-state index contributed by atoms with van der Waals surface area (Å²) in [5.41, 5.74) is 2.32. The largest absolute Gasteiger partial charge is 0.481 e. The SMILES string of the molecule is CC(C(=O)O)c1ccc(CNCC2(CCO)CC2)cc1. The summed E-state index contributed by atoms with van der Waals surface area (Å²) in [5, 5.41) is 21.4. The normalized spacial score (nSPS) is 17.7. The minimum atomic E-state index is -0.796. The molecule has 0 bridgehead atoms. The molecular weight excluding hydrogens is 254 g/mol. The summed E-state index contributed by atoms with van der Waals surface area (Å²) in [7, 11) is 0. The Morgan fingerprint density at radius 3 is 2.50 bits per heavy atom. The molecular formula is C16H23NO3. The highest BCUT2D eigenvalue weighted by atomic mass is 16.4. The van der Waals surface area contributed by atoms with Crippen molar-refractivity contribution >= 4 is 5.97 Å². The average Bonchev–Trinajstić information content (AvgIpc) is 3.19. The lowest BCUT2D eigenvalue weighted by Gasteiger charge is -2.15. The molecule has 2 rings (SSSR count). The van der Waals surface area contributed by atoms with E-state index in [1.54, 1.807) is 6.92 Å². The Balaban J connectivity index is 1.81. The molecule has 1 aromatic rings. The molecule has 0 aromatic heterocycles. The molecule has 1 saturated carbocycles. The van der Waals surface area contributed by atoms with Gasteiger partial charge in [-0.15, -0.1) is 0 Å². The van der Waals surface area contributed by atoms with Crippen LogP contribution in [0.4, 0.5) is 0 Å². The van der Waals surface area contributed by atoms with Crippen LogP contribution in [-0.2, 0) is 11.3 Å². The maximum atomic E-state index is 10.9. The van der Waals surface area contributed by atoms with Gasteiger partial charge in [0.25, 0.3) is 0 Å². The van der Waals surface area contributed by atoms with E-state index in [-0.39, 0.29) is 6.61 Å². The first-order valence-electron chi connectivity index (χ1n) is 7.19. The molecule has 110 valence electrons. The van der Waals surface area contributed by atoms with Crippen LogP contribution in [0.3, 0.4) is 0 Å². The van der Waals surface area contributed by atoms with Crippen molar-refractivity contribution in [3.05, 3.63) is 35.4 Å². The number of hydrogen-bond acceptors (Lipinski definition) is 3. The summed E-state index contributed by atoms with van der Waals surface area (Å²) < 4.78 is 0. The fraction of sp³-hybridized carbons (Fsp3) is 0.562. The van der Waals surface area contributed by atoms with Crippen molar-refractivity contribution in [1.82, 2.24) is 5.32 Å². The predicted molar refractivity (Wildman–Crippen MR) is 77.6 cm³/mol. The average molecular weight is 277 g/mol. The Labute approximate surface area is 119 Å². The molecule has 3 N–H and O–H groups in total. The summed E-state index contributed by atoms with van der Waals surface area (Å²) in [6.45, 7) is 3.69. The maximum Gasteiger partial charge on any atom is 0.310 e. The number of aliphatic hydroxyl groups is 1. The van der Waals surface area contributed by atoms with Crippen molar-refractivity contribution in [2.75, 3.05) is 13.2 Å². The molecule has 1 atom stereocenters. The summed E-state index contributed by atoms with van der Waals surface area (Å²) in [6, 6.07) is 7.73. The minimum absolute atomic E-state index is 0.267. The highest BCUT2D eigenvalue weighted by Gasteiger charge is 2.41. The molecule has 20 heavy (non-hydrogen) atoms. The molecule has 0 spiro atoms. The van der Waals surface area contributed by atoms with Crippen LogP contribution in [0.1, 0.15) is 43.2 Å². The molecule has 4 heteroatoms. The Bertz CT molecular complexity index is 451. The predicted octanol–water partition coefficient (Wildman–Crippen LogP) is 2.13. The van der Waals surface area contributed by atoms with Gasteiger partial charge in [-0.2, -0.15) is 0 Å². The van der Waals surface area contributed by atoms with Crippen LogP contribution in [0.15, 0.2) is 24.3 Å².